The lowest BCUT2D eigenvalue weighted by molar-refractivity contribution is -0.134. The van der Waals surface area contributed by atoms with Crippen LogP contribution >= 0.6 is 0 Å². The van der Waals surface area contributed by atoms with Crippen LogP contribution in [0.1, 0.15) is 72.1 Å². The van der Waals surface area contributed by atoms with Gasteiger partial charge in [0.15, 0.2) is 5.78 Å². The van der Waals surface area contributed by atoms with Gasteiger partial charge in [-0.15, -0.1) is 0 Å². The van der Waals surface area contributed by atoms with Crippen LogP contribution in [0.25, 0.3) is 0 Å². The molecule has 0 amide bonds. The molecule has 3 heteroatoms. The van der Waals surface area contributed by atoms with Gasteiger partial charge < -0.3 is 4.74 Å². The molecule has 28 heavy (non-hydrogen) atoms. The zero-order valence-corrected chi connectivity index (χ0v) is 18.0. The van der Waals surface area contributed by atoms with Crippen LogP contribution in [-0.2, 0) is 14.3 Å². The lowest BCUT2D eigenvalue weighted by Crippen LogP contribution is -2.50. The first-order valence-corrected chi connectivity index (χ1v) is 11.3. The second-order valence-electron chi connectivity index (χ2n) is 10.4. The Labute approximate surface area is 170 Å². The SMILES string of the molecule is COC(=O)/C=C/[C@@H](C)C1CCC2C3CCC4=CC(=O)CC[C@]4(C)C3CC[C@@]21C. The fourth-order valence-corrected chi connectivity index (χ4v) is 7.90. The average Bonchev–Trinajstić information content (AvgIpc) is 3.03. The van der Waals surface area contributed by atoms with Gasteiger partial charge >= 0.3 is 5.97 Å². The number of esters is 1. The van der Waals surface area contributed by atoms with Crippen molar-refractivity contribution in [3.8, 4) is 0 Å². The molecule has 4 aliphatic rings. The molecule has 0 heterocycles. The van der Waals surface area contributed by atoms with E-state index in [1.165, 1.54) is 44.8 Å². The summed E-state index contributed by atoms with van der Waals surface area (Å²) in [7, 11) is 1.44. The molecule has 0 aliphatic heterocycles. The van der Waals surface area contributed by atoms with Crippen molar-refractivity contribution >= 4 is 11.8 Å². The van der Waals surface area contributed by atoms with E-state index < -0.39 is 0 Å². The number of fused-ring (bicyclic) bond motifs is 5. The molecule has 0 spiro atoms. The average molecular weight is 385 g/mol. The predicted octanol–water partition coefficient (Wildman–Crippen LogP) is 5.50. The number of hydrogen-bond acceptors (Lipinski definition) is 3. The highest BCUT2D eigenvalue weighted by molar-refractivity contribution is 5.91. The van der Waals surface area contributed by atoms with Crippen molar-refractivity contribution in [3.05, 3.63) is 23.8 Å². The number of ether oxygens (including phenoxy) is 1. The summed E-state index contributed by atoms with van der Waals surface area (Å²) in [4.78, 5) is 23.5. The highest BCUT2D eigenvalue weighted by Gasteiger charge is 2.59. The van der Waals surface area contributed by atoms with Gasteiger partial charge in [0.2, 0.25) is 0 Å². The van der Waals surface area contributed by atoms with Crippen molar-refractivity contribution in [3.63, 3.8) is 0 Å². The molecule has 0 saturated heterocycles. The molecule has 4 unspecified atom stereocenters. The quantitative estimate of drug-likeness (QED) is 0.477. The Balaban J connectivity index is 1.55. The first kappa shape index (κ1) is 19.9. The Bertz CT molecular complexity index is 719. The van der Waals surface area contributed by atoms with Crippen LogP contribution in [0.4, 0.5) is 0 Å². The van der Waals surface area contributed by atoms with E-state index in [0.717, 1.165) is 37.0 Å². The van der Waals surface area contributed by atoms with E-state index in [0.29, 0.717) is 23.0 Å². The number of allylic oxidation sites excluding steroid dienone is 2. The van der Waals surface area contributed by atoms with E-state index in [9.17, 15) is 9.59 Å². The number of hydrogen-bond donors (Lipinski definition) is 0. The third-order valence-corrected chi connectivity index (χ3v) is 9.41. The third kappa shape index (κ3) is 3.00. The molecule has 3 nitrogen and oxygen atoms in total. The van der Waals surface area contributed by atoms with Gasteiger partial charge in [0, 0.05) is 12.5 Å². The molecule has 7 atom stereocenters. The maximum atomic E-state index is 12.0. The summed E-state index contributed by atoms with van der Waals surface area (Å²) in [6.45, 7) is 7.27. The summed E-state index contributed by atoms with van der Waals surface area (Å²) >= 11 is 0. The molecular weight excluding hydrogens is 348 g/mol. The molecular formula is C25H36O3. The molecule has 0 aromatic heterocycles. The molecule has 0 radical (unpaired) electrons. The molecule has 3 fully saturated rings. The van der Waals surface area contributed by atoms with Crippen molar-refractivity contribution in [2.45, 2.75) is 72.1 Å². The fraction of sp³-hybridized carbons (Fsp3) is 0.760. The molecule has 0 N–H and O–H groups in total. The maximum absolute atomic E-state index is 12.0. The Morgan fingerprint density at radius 3 is 2.68 bits per heavy atom. The largest absolute Gasteiger partial charge is 0.466 e. The van der Waals surface area contributed by atoms with Crippen LogP contribution in [0.3, 0.4) is 0 Å². The van der Waals surface area contributed by atoms with Crippen molar-refractivity contribution in [2.75, 3.05) is 7.11 Å². The second kappa shape index (κ2) is 7.15. The lowest BCUT2D eigenvalue weighted by Gasteiger charge is -2.58. The van der Waals surface area contributed by atoms with Crippen LogP contribution in [0.5, 0.6) is 0 Å². The molecule has 4 rings (SSSR count). The van der Waals surface area contributed by atoms with E-state index in [1.54, 1.807) is 6.08 Å². The van der Waals surface area contributed by atoms with Crippen LogP contribution in [-0.4, -0.2) is 18.9 Å². The second-order valence-corrected chi connectivity index (χ2v) is 10.4. The molecule has 4 aliphatic carbocycles. The van der Waals surface area contributed by atoms with Crippen molar-refractivity contribution in [2.24, 2.45) is 40.4 Å². The minimum Gasteiger partial charge on any atom is -0.466 e. The molecule has 0 bridgehead atoms. The van der Waals surface area contributed by atoms with E-state index >= 15 is 0 Å². The molecule has 154 valence electrons. The summed E-state index contributed by atoms with van der Waals surface area (Å²) in [6.07, 6.45) is 15.1. The van der Waals surface area contributed by atoms with Gasteiger partial charge in [0.1, 0.15) is 0 Å². The maximum Gasteiger partial charge on any atom is 0.330 e. The lowest BCUT2D eigenvalue weighted by atomic mass is 9.46. The van der Waals surface area contributed by atoms with Gasteiger partial charge in [0.05, 0.1) is 7.11 Å². The summed E-state index contributed by atoms with van der Waals surface area (Å²) in [5.41, 5.74) is 2.09. The Morgan fingerprint density at radius 1 is 1.14 bits per heavy atom. The van der Waals surface area contributed by atoms with E-state index in [4.69, 9.17) is 4.74 Å². The summed E-state index contributed by atoms with van der Waals surface area (Å²) in [5.74, 6) is 3.50. The van der Waals surface area contributed by atoms with Gasteiger partial charge in [-0.25, -0.2) is 4.79 Å². The van der Waals surface area contributed by atoms with Gasteiger partial charge in [-0.05, 0) is 91.4 Å². The highest BCUT2D eigenvalue weighted by atomic mass is 16.5. The normalized spacial score (nSPS) is 43.7. The van der Waals surface area contributed by atoms with Crippen LogP contribution in [0, 0.1) is 40.4 Å². The van der Waals surface area contributed by atoms with Gasteiger partial charge in [-0.3, -0.25) is 4.79 Å². The van der Waals surface area contributed by atoms with Gasteiger partial charge in [0.25, 0.3) is 0 Å². The summed E-state index contributed by atoms with van der Waals surface area (Å²) in [5, 5.41) is 0. The standard InChI is InChI=1S/C25H36O3/c1-16(5-10-23(27)28-4)20-8-9-21-19-7-6-17-15-18(26)11-13-24(17,2)22(19)12-14-25(20,21)3/h5,10,15-16,19-22H,6-9,11-14H2,1-4H3/b10-5+/t16-,19?,20?,21?,22?,24+,25-/m1/s1. The number of carbonyl (C=O) groups is 2. The fourth-order valence-electron chi connectivity index (χ4n) is 7.90. The zero-order chi connectivity index (χ0) is 20.1. The van der Waals surface area contributed by atoms with Crippen LogP contribution in [0.2, 0.25) is 0 Å². The van der Waals surface area contributed by atoms with Crippen molar-refractivity contribution in [1.29, 1.82) is 0 Å². The van der Waals surface area contributed by atoms with E-state index in [2.05, 4.69) is 26.8 Å². The van der Waals surface area contributed by atoms with E-state index in [-0.39, 0.29) is 11.4 Å². The molecule has 0 aromatic rings. The minimum atomic E-state index is -0.248. The number of rotatable bonds is 3. The highest BCUT2D eigenvalue weighted by Crippen LogP contribution is 2.67. The summed E-state index contributed by atoms with van der Waals surface area (Å²) in [6, 6.07) is 0. The first-order chi connectivity index (χ1) is 13.3. The Kier molecular flexibility index (Phi) is 5.08. The van der Waals surface area contributed by atoms with Gasteiger partial charge in [-0.1, -0.05) is 32.4 Å². The smallest absolute Gasteiger partial charge is 0.330 e. The van der Waals surface area contributed by atoms with Crippen molar-refractivity contribution in [1.82, 2.24) is 0 Å². The Hall–Kier alpha value is -1.38. The zero-order valence-electron chi connectivity index (χ0n) is 18.0. The van der Waals surface area contributed by atoms with Gasteiger partial charge in [-0.2, -0.15) is 0 Å². The van der Waals surface area contributed by atoms with Crippen LogP contribution < -0.4 is 0 Å². The monoisotopic (exact) mass is 384 g/mol. The molecule has 0 aromatic carbocycles. The van der Waals surface area contributed by atoms with Crippen molar-refractivity contribution < 1.29 is 14.3 Å². The Morgan fingerprint density at radius 2 is 1.93 bits per heavy atom. The number of methoxy groups -OCH3 is 1. The number of ketones is 1. The minimum absolute atomic E-state index is 0.248. The third-order valence-electron chi connectivity index (χ3n) is 9.41. The van der Waals surface area contributed by atoms with Crippen LogP contribution in [0.15, 0.2) is 23.8 Å². The summed E-state index contributed by atoms with van der Waals surface area (Å²) < 4.78 is 4.78. The predicted molar refractivity (Wildman–Crippen MR) is 111 cm³/mol. The first-order valence-electron chi connectivity index (χ1n) is 11.3. The molecule has 3 saturated carbocycles. The van der Waals surface area contributed by atoms with E-state index in [1.807, 2.05) is 6.08 Å². The topological polar surface area (TPSA) is 43.4 Å². The number of carbonyl (C=O) groups excluding carboxylic acids is 2.